The largest absolute Gasteiger partial charge is 0.372 e. The Morgan fingerprint density at radius 3 is 1.77 bits per heavy atom. The summed E-state index contributed by atoms with van der Waals surface area (Å²) in [5.74, 6) is -0.181. The highest BCUT2D eigenvalue weighted by molar-refractivity contribution is 5.88. The van der Waals surface area contributed by atoms with Crippen LogP contribution in [0.2, 0.25) is 0 Å². The molecule has 0 aliphatic carbocycles. The fourth-order valence-corrected chi connectivity index (χ4v) is 2.74. The van der Waals surface area contributed by atoms with Crippen LogP contribution in [-0.4, -0.2) is 88.4 Å². The number of amides is 4. The Balaban J connectivity index is -0.000000248. The molecule has 2 unspecified atom stereocenters. The summed E-state index contributed by atoms with van der Waals surface area (Å²) in [6.45, 7) is 11.4. The van der Waals surface area contributed by atoms with Gasteiger partial charge in [-0.1, -0.05) is 34.1 Å². The summed E-state index contributed by atoms with van der Waals surface area (Å²) in [6, 6.07) is -0.514. The summed E-state index contributed by atoms with van der Waals surface area (Å²) in [5.41, 5.74) is 8.67. The molecule has 12 heteroatoms. The van der Waals surface area contributed by atoms with Crippen LogP contribution in [0.5, 0.6) is 0 Å². The lowest BCUT2D eigenvalue weighted by atomic mass is 10.0. The fourth-order valence-electron chi connectivity index (χ4n) is 2.74. The molecule has 0 spiro atoms. The lowest BCUT2D eigenvalue weighted by Crippen LogP contribution is -2.51. The summed E-state index contributed by atoms with van der Waals surface area (Å²) in [7, 11) is 5.58. The van der Waals surface area contributed by atoms with Crippen LogP contribution in [0.4, 0.5) is 0 Å². The van der Waals surface area contributed by atoms with Gasteiger partial charge in [-0.25, -0.2) is 0 Å². The van der Waals surface area contributed by atoms with E-state index in [9.17, 15) is 24.0 Å². The standard InChI is InChI=1S/C19H38N4O3.C4H4O2.C2H6.CH3NO.CH5N/c1-15(2)18(19(26)21-16(3)10-9-12-20-14-24)22-17(25)11-7-6-8-13-23(4)5;5-3-1-2-4-6;1-2;2-1-3;1-2/h14-16,18H,6-13H2,1-5H3,(H,20,24)(H,21,26)(H,22,25);1-4H;1-2H3;1H,(H2,2,3);2H2,1H3/b;2-1-;;;. The Morgan fingerprint density at radius 2 is 1.36 bits per heavy atom. The van der Waals surface area contributed by atoms with Crippen LogP contribution in [0.3, 0.4) is 0 Å². The van der Waals surface area contributed by atoms with E-state index in [4.69, 9.17) is 4.79 Å². The zero-order chi connectivity index (χ0) is 31.5. The maximum absolute atomic E-state index is 12.5. The highest BCUT2D eigenvalue weighted by atomic mass is 16.2. The van der Waals surface area contributed by atoms with Crippen molar-refractivity contribution in [1.29, 1.82) is 0 Å². The summed E-state index contributed by atoms with van der Waals surface area (Å²) < 4.78 is 0. The van der Waals surface area contributed by atoms with E-state index in [0.29, 0.717) is 31.9 Å². The van der Waals surface area contributed by atoms with Crippen LogP contribution < -0.4 is 27.4 Å². The minimum Gasteiger partial charge on any atom is -0.372 e. The second kappa shape index (κ2) is 39.4. The van der Waals surface area contributed by atoms with Crippen molar-refractivity contribution in [3.63, 3.8) is 0 Å². The molecule has 7 N–H and O–H groups in total. The number of carbonyl (C=O) groups excluding carboxylic acids is 6. The second-order valence-electron chi connectivity index (χ2n) is 8.32. The number of primary amides is 1. The van der Waals surface area contributed by atoms with Crippen molar-refractivity contribution in [1.82, 2.24) is 20.9 Å². The topological polar surface area (TPSA) is 194 Å². The summed E-state index contributed by atoms with van der Waals surface area (Å²) in [5, 5.41) is 8.44. The van der Waals surface area contributed by atoms with E-state index in [1.54, 1.807) is 0 Å². The van der Waals surface area contributed by atoms with Gasteiger partial charge in [0.1, 0.15) is 18.6 Å². The second-order valence-corrected chi connectivity index (χ2v) is 8.32. The van der Waals surface area contributed by atoms with Crippen LogP contribution in [0.25, 0.3) is 0 Å². The molecular formula is C27H56N6O6. The van der Waals surface area contributed by atoms with Crippen molar-refractivity contribution in [2.75, 3.05) is 34.2 Å². The van der Waals surface area contributed by atoms with Crippen LogP contribution >= 0.6 is 0 Å². The van der Waals surface area contributed by atoms with Gasteiger partial charge in [-0.15, -0.1) is 0 Å². The molecule has 0 aromatic rings. The Bertz CT molecular complexity index is 606. The molecular weight excluding hydrogens is 504 g/mol. The minimum absolute atomic E-state index is 0.000127. The van der Waals surface area contributed by atoms with Gasteiger partial charge in [0.25, 0.3) is 0 Å². The van der Waals surface area contributed by atoms with Crippen LogP contribution in [0, 0.1) is 5.92 Å². The number of nitrogens with zero attached hydrogens (tertiary/aromatic N) is 1. The van der Waals surface area contributed by atoms with Gasteiger partial charge in [-0.05, 0) is 78.4 Å². The Labute approximate surface area is 236 Å². The van der Waals surface area contributed by atoms with Crippen molar-refractivity contribution in [3.05, 3.63) is 12.2 Å². The molecule has 0 rings (SSSR count). The molecule has 0 radical (unpaired) electrons. The SMILES string of the molecule is CC.CC(CCCNC=O)NC(=O)C(NC(=O)CCCCCN(C)C)C(C)C.CN.NC=O.O=C/C=C\C=O. The summed E-state index contributed by atoms with van der Waals surface area (Å²) in [6.07, 6.45) is 9.24. The van der Waals surface area contributed by atoms with E-state index in [0.717, 1.165) is 50.8 Å². The van der Waals surface area contributed by atoms with Gasteiger partial charge in [0.05, 0.1) is 0 Å². The normalized spacial score (nSPS) is 10.8. The number of nitrogens with two attached hydrogens (primary N) is 2. The van der Waals surface area contributed by atoms with E-state index in [-0.39, 0.29) is 30.2 Å². The smallest absolute Gasteiger partial charge is 0.243 e. The third-order valence-corrected chi connectivity index (χ3v) is 4.47. The van der Waals surface area contributed by atoms with E-state index < -0.39 is 6.04 Å². The minimum atomic E-state index is -0.514. The van der Waals surface area contributed by atoms with Gasteiger partial charge in [0, 0.05) is 19.0 Å². The van der Waals surface area contributed by atoms with Crippen molar-refractivity contribution in [3.8, 4) is 0 Å². The molecule has 0 saturated heterocycles. The quantitative estimate of drug-likeness (QED) is 0.0984. The first-order chi connectivity index (χ1) is 18.6. The Kier molecular flexibility index (Phi) is 46.2. The van der Waals surface area contributed by atoms with E-state index in [1.165, 1.54) is 7.05 Å². The van der Waals surface area contributed by atoms with Crippen molar-refractivity contribution in [2.45, 2.75) is 85.2 Å². The molecule has 230 valence electrons. The first kappa shape index (κ1) is 45.8. The fraction of sp³-hybridized carbons (Fsp3) is 0.704. The first-order valence-corrected chi connectivity index (χ1v) is 13.3. The average molecular weight is 561 g/mol. The molecule has 12 nitrogen and oxygen atoms in total. The number of hydrogen-bond donors (Lipinski definition) is 5. The summed E-state index contributed by atoms with van der Waals surface area (Å²) in [4.78, 5) is 64.2. The Hall–Kier alpha value is -3.12. The van der Waals surface area contributed by atoms with Crippen molar-refractivity contribution < 1.29 is 28.8 Å². The van der Waals surface area contributed by atoms with Crippen molar-refractivity contribution in [2.24, 2.45) is 17.4 Å². The third kappa shape index (κ3) is 42.2. The zero-order valence-corrected chi connectivity index (χ0v) is 25.4. The number of aldehydes is 2. The first-order valence-electron chi connectivity index (χ1n) is 13.3. The predicted molar refractivity (Wildman–Crippen MR) is 158 cm³/mol. The molecule has 0 saturated carbocycles. The molecule has 2 atom stereocenters. The molecule has 0 aliphatic rings. The van der Waals surface area contributed by atoms with Crippen LogP contribution in [0.15, 0.2) is 12.2 Å². The highest BCUT2D eigenvalue weighted by Gasteiger charge is 2.24. The number of allylic oxidation sites excluding steroid dienone is 2. The molecule has 39 heavy (non-hydrogen) atoms. The molecule has 0 heterocycles. The highest BCUT2D eigenvalue weighted by Crippen LogP contribution is 2.06. The van der Waals surface area contributed by atoms with E-state index in [1.807, 2.05) is 48.7 Å². The van der Waals surface area contributed by atoms with Crippen LogP contribution in [-0.2, 0) is 28.8 Å². The number of nitrogens with one attached hydrogen (secondary N) is 3. The molecule has 0 aromatic heterocycles. The maximum Gasteiger partial charge on any atom is 0.243 e. The number of rotatable bonds is 17. The van der Waals surface area contributed by atoms with Crippen molar-refractivity contribution >= 4 is 37.2 Å². The lowest BCUT2D eigenvalue weighted by Gasteiger charge is -2.24. The summed E-state index contributed by atoms with van der Waals surface area (Å²) >= 11 is 0. The molecule has 0 aliphatic heterocycles. The monoisotopic (exact) mass is 560 g/mol. The van der Waals surface area contributed by atoms with E-state index >= 15 is 0 Å². The molecule has 0 aromatic carbocycles. The number of carbonyl (C=O) groups is 6. The van der Waals surface area contributed by atoms with Gasteiger partial charge >= 0.3 is 0 Å². The molecule has 4 amide bonds. The maximum atomic E-state index is 12.5. The number of hydrogen-bond acceptors (Lipinski definition) is 8. The Morgan fingerprint density at radius 1 is 0.846 bits per heavy atom. The van der Waals surface area contributed by atoms with Gasteiger partial charge in [-0.2, -0.15) is 0 Å². The third-order valence-electron chi connectivity index (χ3n) is 4.47. The van der Waals surface area contributed by atoms with Gasteiger partial charge in [-0.3, -0.25) is 28.8 Å². The average Bonchev–Trinajstić information content (AvgIpc) is 2.91. The van der Waals surface area contributed by atoms with Gasteiger partial charge < -0.3 is 32.3 Å². The number of unbranched alkanes of at least 4 members (excludes halogenated alkanes) is 2. The van der Waals surface area contributed by atoms with Gasteiger partial charge in [0.2, 0.25) is 24.6 Å². The molecule has 0 fully saturated rings. The predicted octanol–water partition coefficient (Wildman–Crippen LogP) is 0.923. The molecule has 0 bridgehead atoms. The lowest BCUT2D eigenvalue weighted by molar-refractivity contribution is -0.130. The van der Waals surface area contributed by atoms with Gasteiger partial charge in [0.15, 0.2) is 0 Å². The zero-order valence-electron chi connectivity index (χ0n) is 25.4. The van der Waals surface area contributed by atoms with Crippen LogP contribution in [0.1, 0.15) is 73.1 Å². The van der Waals surface area contributed by atoms with E-state index in [2.05, 4.69) is 32.3 Å².